The molecule has 0 saturated carbocycles. The number of rotatable bonds is 0. The molecule has 0 unspecified atom stereocenters. The summed E-state index contributed by atoms with van der Waals surface area (Å²) in [4.78, 5) is 0. The van der Waals surface area contributed by atoms with E-state index in [0.717, 1.165) is 12.2 Å². The van der Waals surface area contributed by atoms with Gasteiger partial charge in [-0.3, -0.25) is 4.42 Å². The van der Waals surface area contributed by atoms with E-state index in [0.29, 0.717) is 0 Å². The van der Waals surface area contributed by atoms with Gasteiger partial charge in [0.1, 0.15) is 0 Å². The van der Waals surface area contributed by atoms with Crippen LogP contribution in [0.4, 0.5) is 17.3 Å². The SMILES string of the molecule is C[O+]=C1C=CCC=C1.F[B-](F)(F)F.[C-]#[O+].[C-]#[O+].[C-]#[O+].[Fe]. The van der Waals surface area contributed by atoms with Crippen molar-refractivity contribution in [3.05, 3.63) is 44.3 Å². The van der Waals surface area contributed by atoms with Crippen molar-refractivity contribution in [1.29, 1.82) is 0 Å². The van der Waals surface area contributed by atoms with Crippen LogP contribution in [0.15, 0.2) is 24.3 Å². The predicted octanol–water partition coefficient (Wildman–Crippen LogP) is 2.42. The summed E-state index contributed by atoms with van der Waals surface area (Å²) in [6.45, 7) is 13.5. The summed E-state index contributed by atoms with van der Waals surface area (Å²) in [5, 5.41) is 0. The summed E-state index contributed by atoms with van der Waals surface area (Å²) in [6, 6.07) is 0. The Morgan fingerprint density at radius 2 is 1.20 bits per heavy atom. The van der Waals surface area contributed by atoms with Crippen molar-refractivity contribution in [1.82, 2.24) is 0 Å². The van der Waals surface area contributed by atoms with E-state index in [2.05, 4.69) is 32.1 Å². The maximum Gasteiger partial charge on any atom is 0 e. The summed E-state index contributed by atoms with van der Waals surface area (Å²) in [5.41, 5.74) is 0. The molecule has 0 aromatic heterocycles. The molecule has 0 N–H and O–H groups in total. The van der Waals surface area contributed by atoms with Gasteiger partial charge >= 0.3 is 46.9 Å². The summed E-state index contributed by atoms with van der Waals surface area (Å²) in [5.74, 6) is 0.941. The minimum atomic E-state index is -6.00. The van der Waals surface area contributed by atoms with Crippen LogP contribution in [0.3, 0.4) is 0 Å². The number of carbonyl (C=O) groups excluding carboxylic acids is 1. The fourth-order valence-electron chi connectivity index (χ4n) is 0.639. The maximum atomic E-state index is 9.75. The second kappa shape index (κ2) is 26.3. The Bertz CT molecular complexity index is 311. The Morgan fingerprint density at radius 3 is 1.35 bits per heavy atom. The van der Waals surface area contributed by atoms with Gasteiger partial charge in [-0.2, -0.15) is 0 Å². The molecule has 0 atom stereocenters. The Kier molecular flexibility index (Phi) is 41.0. The quantitative estimate of drug-likeness (QED) is 0.282. The Labute approximate surface area is 124 Å². The molecule has 112 valence electrons. The minimum Gasteiger partial charge on any atom is 0 e. The van der Waals surface area contributed by atoms with Crippen LogP contribution in [-0.2, 0) is 35.5 Å². The largest absolute Gasteiger partial charge is 0 e. The number of allylic oxidation sites excluding steroid dienone is 4. The van der Waals surface area contributed by atoms with Gasteiger partial charge in [0.25, 0.3) is 7.11 Å². The van der Waals surface area contributed by atoms with E-state index < -0.39 is 7.25 Å². The van der Waals surface area contributed by atoms with Crippen molar-refractivity contribution in [3.8, 4) is 0 Å². The van der Waals surface area contributed by atoms with Crippen molar-refractivity contribution in [2.75, 3.05) is 7.11 Å². The van der Waals surface area contributed by atoms with Crippen molar-refractivity contribution < 1.29 is 52.7 Å². The zero-order chi connectivity index (χ0) is 16.3. The standard InChI is InChI=1S/C7H9O.3CO.BF4.Fe/c1-8-7-5-3-2-4-6-7;3*1-2;2-1(3,4)5;/h3-6H,2H2,1H3;;;;;/q+1;;;;-1;. The first-order valence-electron chi connectivity index (χ1n) is 4.16. The molecular weight excluding hydrogens is 327 g/mol. The molecule has 0 fully saturated rings. The first-order chi connectivity index (χ1) is 8.93. The molecule has 0 amide bonds. The normalized spacial score (nSPS) is 10.1. The number of hydrogen-bond acceptors (Lipinski definition) is 0. The first kappa shape index (κ1) is 31.2. The minimum absolute atomic E-state index is 0. The molecule has 1 aliphatic rings. The van der Waals surface area contributed by atoms with E-state index >= 15 is 0 Å². The van der Waals surface area contributed by atoms with Crippen LogP contribution >= 0.6 is 0 Å². The zero-order valence-electron chi connectivity index (χ0n) is 10.1. The van der Waals surface area contributed by atoms with Crippen molar-refractivity contribution in [2.45, 2.75) is 6.42 Å². The molecular formula is C10H9BF4FeO4. The maximum absolute atomic E-state index is 9.75. The Morgan fingerprint density at radius 1 is 0.950 bits per heavy atom. The molecule has 0 heterocycles. The summed E-state index contributed by atoms with van der Waals surface area (Å²) < 4.78 is 66.4. The van der Waals surface area contributed by atoms with Gasteiger partial charge < -0.3 is 17.3 Å². The molecule has 0 saturated heterocycles. The fourth-order valence-corrected chi connectivity index (χ4v) is 0.639. The van der Waals surface area contributed by atoms with E-state index in [1.165, 1.54) is 0 Å². The summed E-state index contributed by atoms with van der Waals surface area (Å²) in [6.07, 6.45) is 9.12. The van der Waals surface area contributed by atoms with E-state index in [4.69, 9.17) is 18.4 Å². The second-order valence-corrected chi connectivity index (χ2v) is 2.14. The molecule has 0 radical (unpaired) electrons. The average Bonchev–Trinajstić information content (AvgIpc) is 2.44. The predicted molar refractivity (Wildman–Crippen MR) is 55.8 cm³/mol. The Balaban J connectivity index is -0.0000000550. The van der Waals surface area contributed by atoms with Crippen molar-refractivity contribution >= 4 is 13.0 Å². The zero-order valence-corrected chi connectivity index (χ0v) is 11.2. The van der Waals surface area contributed by atoms with Gasteiger partial charge in [0.2, 0.25) is 0 Å². The van der Waals surface area contributed by atoms with Crippen molar-refractivity contribution in [3.63, 3.8) is 0 Å². The van der Waals surface area contributed by atoms with E-state index in [9.17, 15) is 17.3 Å². The number of halogens is 4. The molecule has 0 aromatic rings. The smallest absolute Gasteiger partial charge is 0 e. The molecule has 0 aliphatic heterocycles. The van der Waals surface area contributed by atoms with Gasteiger partial charge in [0.15, 0.2) is 0 Å². The topological polar surface area (TPSA) is 71.0 Å². The Hall–Kier alpha value is -1.33. The molecule has 0 bridgehead atoms. The van der Waals surface area contributed by atoms with Crippen molar-refractivity contribution in [2.24, 2.45) is 0 Å². The third-order valence-electron chi connectivity index (χ3n) is 1.07. The van der Waals surface area contributed by atoms with E-state index in [1.807, 2.05) is 12.2 Å². The monoisotopic (exact) mass is 336 g/mol. The second-order valence-electron chi connectivity index (χ2n) is 2.14. The fraction of sp³-hybridized carbons (Fsp3) is 0.200. The summed E-state index contributed by atoms with van der Waals surface area (Å²) in [7, 11) is -4.32. The van der Waals surface area contributed by atoms with Crippen LogP contribution in [0.1, 0.15) is 6.42 Å². The van der Waals surface area contributed by atoms with E-state index in [1.54, 1.807) is 7.11 Å². The van der Waals surface area contributed by atoms with Gasteiger partial charge in [-0.1, -0.05) is 12.2 Å². The third kappa shape index (κ3) is 54.4. The molecule has 20 heavy (non-hydrogen) atoms. The van der Waals surface area contributed by atoms with Gasteiger partial charge in [-0.05, 0) is 6.42 Å². The van der Waals surface area contributed by atoms with Gasteiger partial charge in [-0.25, -0.2) is 0 Å². The van der Waals surface area contributed by atoms with Gasteiger partial charge in [0, 0.05) is 29.2 Å². The summed E-state index contributed by atoms with van der Waals surface area (Å²) >= 11 is 0. The molecule has 10 heteroatoms. The first-order valence-corrected chi connectivity index (χ1v) is 4.16. The van der Waals surface area contributed by atoms with E-state index in [-0.39, 0.29) is 17.1 Å². The van der Waals surface area contributed by atoms with Gasteiger partial charge in [-0.15, -0.1) is 0 Å². The molecule has 4 nitrogen and oxygen atoms in total. The number of hydrogen-bond donors (Lipinski definition) is 0. The van der Waals surface area contributed by atoms with Gasteiger partial charge in [0.05, 0.1) is 0 Å². The average molecular weight is 336 g/mol. The van der Waals surface area contributed by atoms with Crippen LogP contribution in [-0.4, -0.2) is 20.1 Å². The van der Waals surface area contributed by atoms with Crippen LogP contribution < -0.4 is 0 Å². The molecule has 0 aromatic carbocycles. The number of ketones is 1. The molecule has 1 aliphatic carbocycles. The van der Waals surface area contributed by atoms with Crippen LogP contribution in [0, 0.1) is 20.0 Å². The third-order valence-corrected chi connectivity index (χ3v) is 1.07. The molecule has 0 spiro atoms. The molecule has 1 rings (SSSR count). The van der Waals surface area contributed by atoms with Crippen LogP contribution in [0.25, 0.3) is 0 Å². The van der Waals surface area contributed by atoms with Crippen LogP contribution in [0.5, 0.6) is 0 Å². The van der Waals surface area contributed by atoms with Crippen LogP contribution in [0.2, 0.25) is 0 Å².